The fourth-order valence-corrected chi connectivity index (χ4v) is 3.97. The molecule has 1 aromatic carbocycles. The van der Waals surface area contributed by atoms with Gasteiger partial charge in [0.1, 0.15) is 29.1 Å². The van der Waals surface area contributed by atoms with Crippen LogP contribution in [0, 0.1) is 6.92 Å². The van der Waals surface area contributed by atoms with E-state index in [9.17, 15) is 14.7 Å². The standard InChI is InChI=1S/C26H34N2O5/c1-5-6-7-17-32-20-12-10-19(11-13-20)24(29)22-23(21-14-9-18(2)33-21)28(26(31)25(22)30)16-8-15-27(3)4/h9-14,23,29H,5-8,15-17H2,1-4H3/b24-22-. The van der Waals surface area contributed by atoms with Gasteiger partial charge in [-0.3, -0.25) is 9.59 Å². The Morgan fingerprint density at radius 2 is 1.82 bits per heavy atom. The van der Waals surface area contributed by atoms with Crippen molar-refractivity contribution >= 4 is 17.4 Å². The normalized spacial score (nSPS) is 17.8. The number of aliphatic hydroxyl groups excluding tert-OH is 1. The highest BCUT2D eigenvalue weighted by Gasteiger charge is 2.47. The molecular formula is C26H34N2O5. The van der Waals surface area contributed by atoms with Gasteiger partial charge in [-0.2, -0.15) is 0 Å². The zero-order chi connectivity index (χ0) is 24.0. The molecule has 0 aliphatic carbocycles. The number of Topliss-reactive ketones (excluding diaryl/α,β-unsaturated/α-hetero) is 1. The number of hydrogen-bond acceptors (Lipinski definition) is 6. The molecule has 2 heterocycles. The van der Waals surface area contributed by atoms with Crippen LogP contribution in [0.5, 0.6) is 5.75 Å². The van der Waals surface area contributed by atoms with Gasteiger partial charge in [0.25, 0.3) is 11.7 Å². The van der Waals surface area contributed by atoms with Crippen LogP contribution in [-0.4, -0.2) is 60.4 Å². The Balaban J connectivity index is 1.90. The van der Waals surface area contributed by atoms with E-state index in [2.05, 4.69) is 6.92 Å². The first kappa shape index (κ1) is 24.6. The van der Waals surface area contributed by atoms with Crippen molar-refractivity contribution in [2.75, 3.05) is 33.8 Å². The highest BCUT2D eigenvalue weighted by Crippen LogP contribution is 2.40. The van der Waals surface area contributed by atoms with Gasteiger partial charge in [0, 0.05) is 12.1 Å². The molecule has 1 fully saturated rings. The number of carbonyl (C=O) groups is 2. The summed E-state index contributed by atoms with van der Waals surface area (Å²) < 4.78 is 11.5. The van der Waals surface area contributed by atoms with Crippen LogP contribution in [0.2, 0.25) is 0 Å². The molecule has 2 aromatic rings. The molecule has 1 atom stereocenters. The molecule has 178 valence electrons. The van der Waals surface area contributed by atoms with Crippen molar-refractivity contribution in [2.24, 2.45) is 0 Å². The van der Waals surface area contributed by atoms with Crippen molar-refractivity contribution in [2.45, 2.75) is 45.6 Å². The molecule has 3 rings (SSSR count). The van der Waals surface area contributed by atoms with Gasteiger partial charge in [0.2, 0.25) is 0 Å². The summed E-state index contributed by atoms with van der Waals surface area (Å²) in [6.45, 7) is 5.73. The lowest BCUT2D eigenvalue weighted by Gasteiger charge is -2.24. The maximum absolute atomic E-state index is 13.0. The van der Waals surface area contributed by atoms with E-state index in [-0.39, 0.29) is 11.3 Å². The third-order valence-electron chi connectivity index (χ3n) is 5.72. The van der Waals surface area contributed by atoms with Gasteiger partial charge in [0.15, 0.2) is 0 Å². The number of amides is 1. The molecular weight excluding hydrogens is 420 g/mol. The number of carbonyl (C=O) groups excluding carboxylic acids is 2. The molecule has 0 saturated carbocycles. The average Bonchev–Trinajstić information content (AvgIpc) is 3.32. The van der Waals surface area contributed by atoms with E-state index in [1.807, 2.05) is 19.0 Å². The summed E-state index contributed by atoms with van der Waals surface area (Å²) in [5.74, 6) is 0.314. The number of furan rings is 1. The number of benzene rings is 1. The summed E-state index contributed by atoms with van der Waals surface area (Å²) in [5, 5.41) is 11.1. The Bertz CT molecular complexity index is 990. The lowest BCUT2D eigenvalue weighted by atomic mass is 9.99. The molecule has 33 heavy (non-hydrogen) atoms. The second kappa shape index (κ2) is 11.2. The summed E-state index contributed by atoms with van der Waals surface area (Å²) in [4.78, 5) is 29.4. The quantitative estimate of drug-likeness (QED) is 0.232. The van der Waals surface area contributed by atoms with E-state index in [0.29, 0.717) is 42.4 Å². The third kappa shape index (κ3) is 5.85. The topological polar surface area (TPSA) is 83.2 Å². The van der Waals surface area contributed by atoms with E-state index < -0.39 is 17.7 Å². The Morgan fingerprint density at radius 1 is 1.09 bits per heavy atom. The lowest BCUT2D eigenvalue weighted by Crippen LogP contribution is -2.32. The number of nitrogens with zero attached hydrogens (tertiary/aromatic N) is 2. The Kier molecular flexibility index (Phi) is 8.33. The van der Waals surface area contributed by atoms with Crippen LogP contribution >= 0.6 is 0 Å². The molecule has 1 aromatic heterocycles. The van der Waals surface area contributed by atoms with E-state index in [1.165, 1.54) is 4.90 Å². The van der Waals surface area contributed by atoms with Crippen LogP contribution in [0.15, 0.2) is 46.4 Å². The first-order valence-electron chi connectivity index (χ1n) is 11.6. The second-order valence-corrected chi connectivity index (χ2v) is 8.68. The van der Waals surface area contributed by atoms with Crippen molar-refractivity contribution in [3.63, 3.8) is 0 Å². The minimum atomic E-state index is -0.758. The fraction of sp³-hybridized carbons (Fsp3) is 0.462. The summed E-state index contributed by atoms with van der Waals surface area (Å²) in [6, 6.07) is 9.72. The van der Waals surface area contributed by atoms with Crippen LogP contribution in [0.3, 0.4) is 0 Å². The van der Waals surface area contributed by atoms with E-state index in [0.717, 1.165) is 25.8 Å². The molecule has 0 bridgehead atoms. The molecule has 1 aliphatic heterocycles. The van der Waals surface area contributed by atoms with Gasteiger partial charge in [0.05, 0.1) is 12.2 Å². The third-order valence-corrected chi connectivity index (χ3v) is 5.72. The van der Waals surface area contributed by atoms with Gasteiger partial charge >= 0.3 is 0 Å². The minimum Gasteiger partial charge on any atom is -0.507 e. The first-order valence-corrected chi connectivity index (χ1v) is 11.6. The van der Waals surface area contributed by atoms with Gasteiger partial charge in [-0.05, 0) is 76.8 Å². The number of likely N-dealkylation sites (tertiary alicyclic amines) is 1. The number of unbranched alkanes of at least 4 members (excludes halogenated alkanes) is 2. The molecule has 1 N–H and O–H groups in total. The average molecular weight is 455 g/mol. The van der Waals surface area contributed by atoms with Crippen molar-refractivity contribution in [1.82, 2.24) is 9.80 Å². The van der Waals surface area contributed by atoms with Crippen LogP contribution < -0.4 is 4.74 Å². The summed E-state index contributed by atoms with van der Waals surface area (Å²) in [7, 11) is 3.91. The van der Waals surface area contributed by atoms with Crippen LogP contribution in [0.1, 0.15) is 55.7 Å². The molecule has 7 nitrogen and oxygen atoms in total. The zero-order valence-corrected chi connectivity index (χ0v) is 20.0. The van der Waals surface area contributed by atoms with Crippen molar-refractivity contribution in [3.8, 4) is 5.75 Å². The molecule has 1 unspecified atom stereocenters. The summed E-state index contributed by atoms with van der Waals surface area (Å²) >= 11 is 0. The zero-order valence-electron chi connectivity index (χ0n) is 20.0. The molecule has 0 radical (unpaired) electrons. The molecule has 1 saturated heterocycles. The Hall–Kier alpha value is -3.06. The number of ketones is 1. The minimum absolute atomic E-state index is 0.0517. The number of rotatable bonds is 11. The predicted octanol–water partition coefficient (Wildman–Crippen LogP) is 4.53. The number of aliphatic hydroxyl groups is 1. The van der Waals surface area contributed by atoms with Crippen LogP contribution in [0.4, 0.5) is 0 Å². The van der Waals surface area contributed by atoms with Crippen LogP contribution in [-0.2, 0) is 9.59 Å². The van der Waals surface area contributed by atoms with E-state index in [1.54, 1.807) is 43.3 Å². The molecule has 1 aliphatic rings. The summed E-state index contributed by atoms with van der Waals surface area (Å²) in [6.07, 6.45) is 3.91. The van der Waals surface area contributed by atoms with Crippen molar-refractivity contribution in [3.05, 3.63) is 59.1 Å². The maximum Gasteiger partial charge on any atom is 0.295 e. The van der Waals surface area contributed by atoms with Gasteiger partial charge in [-0.1, -0.05) is 19.8 Å². The maximum atomic E-state index is 13.0. The smallest absolute Gasteiger partial charge is 0.295 e. The van der Waals surface area contributed by atoms with Crippen molar-refractivity contribution < 1.29 is 23.8 Å². The SMILES string of the molecule is CCCCCOc1ccc(/C(O)=C2/C(=O)C(=O)N(CCCN(C)C)C2c2ccc(C)o2)cc1. The Morgan fingerprint density at radius 3 is 2.42 bits per heavy atom. The number of ether oxygens (including phenoxy) is 1. The molecule has 0 spiro atoms. The monoisotopic (exact) mass is 454 g/mol. The van der Waals surface area contributed by atoms with Crippen LogP contribution in [0.25, 0.3) is 5.76 Å². The van der Waals surface area contributed by atoms with Gasteiger partial charge in [-0.25, -0.2) is 0 Å². The number of hydrogen-bond donors (Lipinski definition) is 1. The highest BCUT2D eigenvalue weighted by atomic mass is 16.5. The van der Waals surface area contributed by atoms with E-state index in [4.69, 9.17) is 9.15 Å². The largest absolute Gasteiger partial charge is 0.507 e. The lowest BCUT2D eigenvalue weighted by molar-refractivity contribution is -0.140. The van der Waals surface area contributed by atoms with Crippen molar-refractivity contribution in [1.29, 1.82) is 0 Å². The summed E-state index contributed by atoms with van der Waals surface area (Å²) in [5.41, 5.74) is 0.506. The fourth-order valence-electron chi connectivity index (χ4n) is 3.97. The molecule has 1 amide bonds. The Labute approximate surface area is 195 Å². The van der Waals surface area contributed by atoms with Gasteiger partial charge in [-0.15, -0.1) is 0 Å². The molecule has 7 heteroatoms. The number of aryl methyl sites for hydroxylation is 1. The van der Waals surface area contributed by atoms with Gasteiger partial charge < -0.3 is 24.1 Å². The highest BCUT2D eigenvalue weighted by molar-refractivity contribution is 6.46. The predicted molar refractivity (Wildman–Crippen MR) is 127 cm³/mol. The van der Waals surface area contributed by atoms with E-state index >= 15 is 0 Å². The second-order valence-electron chi connectivity index (χ2n) is 8.68. The first-order chi connectivity index (χ1) is 15.8.